The average Bonchev–Trinajstić information content (AvgIpc) is 2.59. The van der Waals surface area contributed by atoms with Gasteiger partial charge in [-0.15, -0.1) is 0 Å². The molecular formula is C21H31N7. The molecule has 0 saturated carbocycles. The summed E-state index contributed by atoms with van der Waals surface area (Å²) in [5, 5.41) is 12.1. The van der Waals surface area contributed by atoms with Crippen LogP contribution in [0.2, 0.25) is 0 Å². The predicted molar refractivity (Wildman–Crippen MR) is 118 cm³/mol. The minimum atomic E-state index is 0.146. The number of amidine groups is 1. The summed E-state index contributed by atoms with van der Waals surface area (Å²) in [5.74, 6) is 2.23. The molecule has 0 bridgehead atoms. The third kappa shape index (κ3) is 4.85. The number of rotatable bonds is 7. The van der Waals surface area contributed by atoms with Gasteiger partial charge < -0.3 is 16.8 Å². The first-order valence-electron chi connectivity index (χ1n) is 9.58. The van der Waals surface area contributed by atoms with Crippen LogP contribution < -0.4 is 16.8 Å². The smallest absolute Gasteiger partial charge is 0.141 e. The van der Waals surface area contributed by atoms with E-state index in [0.29, 0.717) is 34.5 Å². The number of nitrogens with one attached hydrogen (secondary N) is 2. The minimum absolute atomic E-state index is 0.146. The van der Waals surface area contributed by atoms with Crippen molar-refractivity contribution < 1.29 is 0 Å². The summed E-state index contributed by atoms with van der Waals surface area (Å²) in [7, 11) is 0. The maximum atomic E-state index is 8.79. The molecule has 0 saturated heterocycles. The number of aryl methyl sites for hydroxylation is 1. The van der Waals surface area contributed by atoms with Crippen LogP contribution in [0.3, 0.4) is 0 Å². The lowest BCUT2D eigenvalue weighted by molar-refractivity contribution is 0.734. The van der Waals surface area contributed by atoms with Gasteiger partial charge in [0.1, 0.15) is 17.5 Å². The number of aliphatic imine (C=N–C) groups is 1. The van der Waals surface area contributed by atoms with Crippen molar-refractivity contribution in [1.29, 1.82) is 5.41 Å². The second-order valence-electron chi connectivity index (χ2n) is 7.39. The van der Waals surface area contributed by atoms with Crippen molar-refractivity contribution >= 4 is 28.9 Å². The topological polar surface area (TPSA) is 126 Å². The molecule has 0 spiro atoms. The van der Waals surface area contributed by atoms with Gasteiger partial charge in [-0.05, 0) is 51.7 Å². The number of hydrogen-bond acceptors (Lipinski definition) is 6. The zero-order chi connectivity index (χ0) is 21.0. The number of anilines is 2. The zero-order valence-electron chi connectivity index (χ0n) is 17.6. The third-order valence-electron chi connectivity index (χ3n) is 4.48. The molecule has 0 aliphatic rings. The number of hydrogen-bond donors (Lipinski definition) is 4. The predicted octanol–water partition coefficient (Wildman–Crippen LogP) is 4.13. The van der Waals surface area contributed by atoms with Crippen molar-refractivity contribution in [1.82, 2.24) is 9.97 Å². The molecule has 7 heteroatoms. The normalized spacial score (nSPS) is 12.9. The van der Waals surface area contributed by atoms with Gasteiger partial charge in [-0.25, -0.2) is 15.0 Å². The number of aromatic nitrogens is 2. The molecule has 1 heterocycles. The Morgan fingerprint density at radius 1 is 1.25 bits per heavy atom. The van der Waals surface area contributed by atoms with E-state index in [4.69, 9.17) is 16.9 Å². The molecule has 2 aromatic rings. The van der Waals surface area contributed by atoms with Crippen molar-refractivity contribution in [2.24, 2.45) is 10.7 Å². The molecule has 0 aliphatic carbocycles. The van der Waals surface area contributed by atoms with E-state index >= 15 is 0 Å². The first-order valence-corrected chi connectivity index (χ1v) is 9.58. The molecule has 1 aromatic heterocycles. The van der Waals surface area contributed by atoms with Crippen LogP contribution >= 0.6 is 0 Å². The highest BCUT2D eigenvalue weighted by Crippen LogP contribution is 2.32. The summed E-state index contributed by atoms with van der Waals surface area (Å²) in [5.41, 5.74) is 15.3. The van der Waals surface area contributed by atoms with Crippen molar-refractivity contribution in [3.8, 4) is 0 Å². The Hall–Kier alpha value is -2.96. The highest BCUT2D eigenvalue weighted by molar-refractivity contribution is 6.16. The second kappa shape index (κ2) is 8.82. The SMILES string of the molecule is CCC(C)c1ccc(C(=N)c2c(N)nc(C)nc2NC(C)C)cc1N=C(C)N. The summed E-state index contributed by atoms with van der Waals surface area (Å²) in [6.07, 6.45) is 0.990. The van der Waals surface area contributed by atoms with E-state index in [2.05, 4.69) is 34.1 Å². The lowest BCUT2D eigenvalue weighted by Gasteiger charge is -2.18. The van der Waals surface area contributed by atoms with Gasteiger partial charge in [-0.2, -0.15) is 0 Å². The molecular weight excluding hydrogens is 350 g/mol. The first kappa shape index (κ1) is 21.3. The summed E-state index contributed by atoms with van der Waals surface area (Å²) in [6.45, 7) is 11.9. The molecule has 6 N–H and O–H groups in total. The largest absolute Gasteiger partial charge is 0.387 e. The van der Waals surface area contributed by atoms with E-state index in [0.717, 1.165) is 17.7 Å². The average molecular weight is 382 g/mol. The van der Waals surface area contributed by atoms with Gasteiger partial charge in [0, 0.05) is 11.6 Å². The van der Waals surface area contributed by atoms with Gasteiger partial charge in [0.2, 0.25) is 0 Å². The van der Waals surface area contributed by atoms with E-state index in [1.54, 1.807) is 13.8 Å². The quantitative estimate of drug-likeness (QED) is 0.424. The van der Waals surface area contributed by atoms with Crippen LogP contribution in [0, 0.1) is 12.3 Å². The van der Waals surface area contributed by atoms with Gasteiger partial charge in [-0.3, -0.25) is 5.41 Å². The zero-order valence-corrected chi connectivity index (χ0v) is 17.6. The molecule has 28 heavy (non-hydrogen) atoms. The molecule has 0 fully saturated rings. The Morgan fingerprint density at radius 3 is 2.50 bits per heavy atom. The van der Waals surface area contributed by atoms with E-state index in [1.807, 2.05) is 32.0 Å². The van der Waals surface area contributed by atoms with Crippen molar-refractivity contribution in [3.05, 3.63) is 40.7 Å². The number of nitrogens with zero attached hydrogens (tertiary/aromatic N) is 3. The molecule has 2 rings (SSSR count). The van der Waals surface area contributed by atoms with Crippen LogP contribution in [-0.4, -0.2) is 27.6 Å². The molecule has 1 unspecified atom stereocenters. The standard InChI is InChI=1S/C21H31N7/c1-7-12(4)16-9-8-15(10-17(16)26-13(5)22)19(23)18-20(24)27-14(6)28-21(18)25-11(2)3/h8-12,23H,7H2,1-6H3,(H2,22,26)(H3,24,25,27,28). The molecule has 0 aliphatic heterocycles. The monoisotopic (exact) mass is 381 g/mol. The Bertz CT molecular complexity index is 896. The van der Waals surface area contributed by atoms with Gasteiger partial charge in [0.05, 0.1) is 22.8 Å². The van der Waals surface area contributed by atoms with Gasteiger partial charge in [-0.1, -0.05) is 26.0 Å². The van der Waals surface area contributed by atoms with Crippen molar-refractivity contribution in [2.45, 2.75) is 59.9 Å². The van der Waals surface area contributed by atoms with Crippen LogP contribution in [0.5, 0.6) is 0 Å². The molecule has 1 aromatic carbocycles. The van der Waals surface area contributed by atoms with Gasteiger partial charge in [0.25, 0.3) is 0 Å². The van der Waals surface area contributed by atoms with Crippen LogP contribution in [-0.2, 0) is 0 Å². The van der Waals surface area contributed by atoms with E-state index in [9.17, 15) is 0 Å². The van der Waals surface area contributed by atoms with Crippen LogP contribution in [0.1, 0.15) is 69.5 Å². The van der Waals surface area contributed by atoms with Crippen molar-refractivity contribution in [3.63, 3.8) is 0 Å². The molecule has 150 valence electrons. The number of benzene rings is 1. The lowest BCUT2D eigenvalue weighted by atomic mass is 9.93. The fourth-order valence-corrected chi connectivity index (χ4v) is 2.99. The van der Waals surface area contributed by atoms with Gasteiger partial charge in [0.15, 0.2) is 0 Å². The summed E-state index contributed by atoms with van der Waals surface area (Å²) < 4.78 is 0. The third-order valence-corrected chi connectivity index (χ3v) is 4.48. The first-order chi connectivity index (χ1) is 13.1. The van der Waals surface area contributed by atoms with Crippen molar-refractivity contribution in [2.75, 3.05) is 11.1 Å². The Balaban J connectivity index is 2.60. The van der Waals surface area contributed by atoms with Crippen LogP contribution in [0.4, 0.5) is 17.3 Å². The highest BCUT2D eigenvalue weighted by Gasteiger charge is 2.19. The molecule has 0 radical (unpaired) electrons. The number of nitrogens with two attached hydrogens (primary N) is 2. The Labute approximate surface area is 167 Å². The molecule has 1 atom stereocenters. The summed E-state index contributed by atoms with van der Waals surface area (Å²) in [6, 6.07) is 5.97. The molecule has 7 nitrogen and oxygen atoms in total. The summed E-state index contributed by atoms with van der Waals surface area (Å²) in [4.78, 5) is 13.2. The fraction of sp³-hybridized carbons (Fsp3) is 0.429. The van der Waals surface area contributed by atoms with Crippen LogP contribution in [0.25, 0.3) is 0 Å². The number of nitrogen functional groups attached to an aromatic ring is 1. The Kier molecular flexibility index (Phi) is 6.72. The van der Waals surface area contributed by atoms with Crippen LogP contribution in [0.15, 0.2) is 23.2 Å². The molecule has 0 amide bonds. The maximum absolute atomic E-state index is 8.79. The lowest BCUT2D eigenvalue weighted by Crippen LogP contribution is -2.19. The Morgan fingerprint density at radius 2 is 1.93 bits per heavy atom. The second-order valence-corrected chi connectivity index (χ2v) is 7.39. The fourth-order valence-electron chi connectivity index (χ4n) is 2.99. The van der Waals surface area contributed by atoms with E-state index in [1.165, 1.54) is 0 Å². The summed E-state index contributed by atoms with van der Waals surface area (Å²) >= 11 is 0. The maximum Gasteiger partial charge on any atom is 0.141 e. The van der Waals surface area contributed by atoms with E-state index < -0.39 is 0 Å². The highest BCUT2D eigenvalue weighted by atomic mass is 15.1. The minimum Gasteiger partial charge on any atom is -0.387 e. The van der Waals surface area contributed by atoms with Gasteiger partial charge >= 0.3 is 0 Å². The van der Waals surface area contributed by atoms with E-state index in [-0.39, 0.29) is 17.6 Å².